The molecule has 2 aliphatic heterocycles. The van der Waals surface area contributed by atoms with E-state index in [1.807, 2.05) is 4.90 Å². The molecule has 1 aromatic carbocycles. The van der Waals surface area contributed by atoms with E-state index in [1.54, 1.807) is 0 Å². The first-order chi connectivity index (χ1) is 11.2. The summed E-state index contributed by atoms with van der Waals surface area (Å²) in [6.07, 6.45) is 2.09. The third-order valence-electron chi connectivity index (χ3n) is 5.05. The van der Waals surface area contributed by atoms with Gasteiger partial charge in [0.1, 0.15) is 0 Å². The SMILES string of the molecule is Cc1cccc(N2CCN(C(=O)CN3CCC[C@@H]3CO)CC2)c1. The summed E-state index contributed by atoms with van der Waals surface area (Å²) in [6, 6.07) is 8.71. The van der Waals surface area contributed by atoms with Gasteiger partial charge < -0.3 is 14.9 Å². The summed E-state index contributed by atoms with van der Waals surface area (Å²) in [5, 5.41) is 9.37. The number of aliphatic hydroxyl groups is 1. The lowest BCUT2D eigenvalue weighted by molar-refractivity contribution is -0.133. The maximum Gasteiger partial charge on any atom is 0.236 e. The summed E-state index contributed by atoms with van der Waals surface area (Å²) in [5.41, 5.74) is 2.52. The molecule has 0 bridgehead atoms. The van der Waals surface area contributed by atoms with E-state index < -0.39 is 0 Å². The maximum absolute atomic E-state index is 12.5. The Morgan fingerprint density at radius 3 is 2.70 bits per heavy atom. The molecule has 5 heteroatoms. The van der Waals surface area contributed by atoms with E-state index in [1.165, 1.54) is 11.3 Å². The standard InChI is InChI=1S/C18H27N3O2/c1-15-4-2-5-16(12-15)19-8-10-20(11-9-19)18(23)13-21-7-3-6-17(21)14-22/h2,4-5,12,17,22H,3,6-11,13-14H2,1H3/t17-/m1/s1. The predicted octanol–water partition coefficient (Wildman–Crippen LogP) is 1.10. The van der Waals surface area contributed by atoms with Crippen molar-refractivity contribution in [3.05, 3.63) is 29.8 Å². The van der Waals surface area contributed by atoms with Crippen LogP contribution >= 0.6 is 0 Å². The Labute approximate surface area is 138 Å². The van der Waals surface area contributed by atoms with Crippen molar-refractivity contribution in [3.63, 3.8) is 0 Å². The van der Waals surface area contributed by atoms with Gasteiger partial charge >= 0.3 is 0 Å². The topological polar surface area (TPSA) is 47.0 Å². The van der Waals surface area contributed by atoms with Crippen molar-refractivity contribution in [2.24, 2.45) is 0 Å². The molecule has 1 aromatic rings. The van der Waals surface area contributed by atoms with Crippen molar-refractivity contribution in [3.8, 4) is 0 Å². The molecule has 2 heterocycles. The van der Waals surface area contributed by atoms with Gasteiger partial charge in [0.15, 0.2) is 0 Å². The van der Waals surface area contributed by atoms with Crippen molar-refractivity contribution >= 4 is 11.6 Å². The van der Waals surface area contributed by atoms with Crippen LogP contribution in [0.15, 0.2) is 24.3 Å². The molecule has 3 rings (SSSR count). The zero-order valence-corrected chi connectivity index (χ0v) is 13.9. The second kappa shape index (κ2) is 7.32. The van der Waals surface area contributed by atoms with Gasteiger partial charge in [-0.1, -0.05) is 12.1 Å². The highest BCUT2D eigenvalue weighted by Gasteiger charge is 2.28. The van der Waals surface area contributed by atoms with Crippen LogP contribution in [0.25, 0.3) is 0 Å². The van der Waals surface area contributed by atoms with Gasteiger partial charge in [0.2, 0.25) is 5.91 Å². The van der Waals surface area contributed by atoms with E-state index in [9.17, 15) is 9.90 Å². The Bertz CT molecular complexity index is 541. The minimum atomic E-state index is 0.161. The van der Waals surface area contributed by atoms with Gasteiger partial charge in [-0.25, -0.2) is 0 Å². The number of amides is 1. The number of carbonyl (C=O) groups excluding carboxylic acids is 1. The summed E-state index contributed by atoms with van der Waals surface area (Å²) < 4.78 is 0. The van der Waals surface area contributed by atoms with Crippen LogP contribution in [0.2, 0.25) is 0 Å². The molecule has 0 aliphatic carbocycles. The van der Waals surface area contributed by atoms with E-state index in [-0.39, 0.29) is 18.6 Å². The Balaban J connectivity index is 1.51. The van der Waals surface area contributed by atoms with Crippen LogP contribution in [-0.2, 0) is 4.79 Å². The molecule has 0 aromatic heterocycles. The Hall–Kier alpha value is -1.59. The maximum atomic E-state index is 12.5. The number of piperazine rings is 1. The summed E-state index contributed by atoms with van der Waals surface area (Å²) in [7, 11) is 0. The average Bonchev–Trinajstić information content (AvgIpc) is 3.02. The zero-order valence-electron chi connectivity index (χ0n) is 13.9. The van der Waals surface area contributed by atoms with Crippen LogP contribution in [0, 0.1) is 6.92 Å². The molecule has 0 radical (unpaired) electrons. The number of carbonyl (C=O) groups is 1. The van der Waals surface area contributed by atoms with Gasteiger partial charge in [-0.05, 0) is 44.0 Å². The Morgan fingerprint density at radius 1 is 1.22 bits per heavy atom. The minimum absolute atomic E-state index is 0.161. The minimum Gasteiger partial charge on any atom is -0.395 e. The van der Waals surface area contributed by atoms with Crippen LogP contribution in [0.1, 0.15) is 18.4 Å². The number of aryl methyl sites for hydroxylation is 1. The van der Waals surface area contributed by atoms with Crippen LogP contribution in [0.4, 0.5) is 5.69 Å². The van der Waals surface area contributed by atoms with Crippen LogP contribution in [0.5, 0.6) is 0 Å². The van der Waals surface area contributed by atoms with E-state index in [4.69, 9.17) is 0 Å². The lowest BCUT2D eigenvalue weighted by atomic mass is 10.2. The molecule has 0 spiro atoms. The summed E-state index contributed by atoms with van der Waals surface area (Å²) >= 11 is 0. The average molecular weight is 317 g/mol. The fourth-order valence-corrected chi connectivity index (χ4v) is 3.62. The van der Waals surface area contributed by atoms with E-state index >= 15 is 0 Å². The van der Waals surface area contributed by atoms with Crippen molar-refractivity contribution in [2.75, 3.05) is 50.8 Å². The van der Waals surface area contributed by atoms with Crippen molar-refractivity contribution in [1.29, 1.82) is 0 Å². The first kappa shape index (κ1) is 16.3. The molecule has 1 N–H and O–H groups in total. The highest BCUT2D eigenvalue weighted by Crippen LogP contribution is 2.19. The molecule has 0 saturated carbocycles. The summed E-state index contributed by atoms with van der Waals surface area (Å²) in [4.78, 5) is 19.0. The molecule has 2 aliphatic rings. The van der Waals surface area contributed by atoms with Gasteiger partial charge in [-0.2, -0.15) is 0 Å². The number of anilines is 1. The van der Waals surface area contributed by atoms with Gasteiger partial charge in [0, 0.05) is 37.9 Å². The second-order valence-electron chi connectivity index (χ2n) is 6.66. The summed E-state index contributed by atoms with van der Waals surface area (Å²) in [5.74, 6) is 0.203. The number of aliphatic hydroxyl groups excluding tert-OH is 1. The van der Waals surface area contributed by atoms with Crippen LogP contribution in [0.3, 0.4) is 0 Å². The number of hydrogen-bond donors (Lipinski definition) is 1. The quantitative estimate of drug-likeness (QED) is 0.903. The normalized spacial score (nSPS) is 22.6. The molecular formula is C18H27N3O2. The third kappa shape index (κ3) is 3.85. The predicted molar refractivity (Wildman–Crippen MR) is 91.7 cm³/mol. The zero-order chi connectivity index (χ0) is 16.2. The highest BCUT2D eigenvalue weighted by atomic mass is 16.3. The van der Waals surface area contributed by atoms with Crippen LogP contribution in [-0.4, -0.2) is 72.7 Å². The molecular weight excluding hydrogens is 290 g/mol. The lowest BCUT2D eigenvalue weighted by Gasteiger charge is -2.37. The molecule has 0 unspecified atom stereocenters. The molecule has 5 nitrogen and oxygen atoms in total. The molecule has 2 fully saturated rings. The molecule has 2 saturated heterocycles. The monoisotopic (exact) mass is 317 g/mol. The van der Waals surface area contributed by atoms with Gasteiger partial charge in [0.25, 0.3) is 0 Å². The van der Waals surface area contributed by atoms with E-state index in [2.05, 4.69) is 41.0 Å². The first-order valence-corrected chi connectivity index (χ1v) is 8.61. The van der Waals surface area contributed by atoms with Gasteiger partial charge in [-0.15, -0.1) is 0 Å². The fraction of sp³-hybridized carbons (Fsp3) is 0.611. The third-order valence-corrected chi connectivity index (χ3v) is 5.05. The highest BCUT2D eigenvalue weighted by molar-refractivity contribution is 5.78. The Kier molecular flexibility index (Phi) is 5.18. The van der Waals surface area contributed by atoms with E-state index in [0.29, 0.717) is 6.54 Å². The first-order valence-electron chi connectivity index (χ1n) is 8.61. The lowest BCUT2D eigenvalue weighted by Crippen LogP contribution is -2.52. The molecule has 1 amide bonds. The van der Waals surface area contributed by atoms with Crippen molar-refractivity contribution in [2.45, 2.75) is 25.8 Å². The number of nitrogens with zero attached hydrogens (tertiary/aromatic N) is 3. The number of likely N-dealkylation sites (tertiary alicyclic amines) is 1. The Morgan fingerprint density at radius 2 is 2.00 bits per heavy atom. The second-order valence-corrected chi connectivity index (χ2v) is 6.66. The smallest absolute Gasteiger partial charge is 0.236 e. The largest absolute Gasteiger partial charge is 0.395 e. The van der Waals surface area contributed by atoms with Crippen LogP contribution < -0.4 is 4.90 Å². The van der Waals surface area contributed by atoms with Gasteiger partial charge in [0.05, 0.1) is 13.2 Å². The molecule has 23 heavy (non-hydrogen) atoms. The van der Waals surface area contributed by atoms with Gasteiger partial charge in [-0.3, -0.25) is 9.69 Å². The summed E-state index contributed by atoms with van der Waals surface area (Å²) in [6.45, 7) is 6.99. The van der Waals surface area contributed by atoms with E-state index in [0.717, 1.165) is 45.6 Å². The van der Waals surface area contributed by atoms with Crippen molar-refractivity contribution < 1.29 is 9.90 Å². The number of benzene rings is 1. The fourth-order valence-electron chi connectivity index (χ4n) is 3.62. The van der Waals surface area contributed by atoms with Crippen molar-refractivity contribution in [1.82, 2.24) is 9.80 Å². The number of hydrogen-bond acceptors (Lipinski definition) is 4. The molecule has 126 valence electrons. The number of rotatable bonds is 4. The molecule has 1 atom stereocenters.